The summed E-state index contributed by atoms with van der Waals surface area (Å²) in [6.07, 6.45) is 1.59. The fraction of sp³-hybridized carbons (Fsp3) is 0.292. The van der Waals surface area contributed by atoms with Crippen molar-refractivity contribution in [3.63, 3.8) is 0 Å². The van der Waals surface area contributed by atoms with Gasteiger partial charge in [0.2, 0.25) is 5.91 Å². The highest BCUT2D eigenvalue weighted by atomic mass is 32.2. The molecule has 0 saturated carbocycles. The first-order valence-electron chi connectivity index (χ1n) is 10.1. The Hall–Kier alpha value is -3.26. The Bertz CT molecular complexity index is 1040. The first-order chi connectivity index (χ1) is 15.1. The van der Waals surface area contributed by atoms with Crippen LogP contribution < -0.4 is 15.2 Å². The van der Waals surface area contributed by atoms with Gasteiger partial charge in [-0.05, 0) is 58.6 Å². The number of nitrogens with two attached hydrogens (primary N) is 1. The van der Waals surface area contributed by atoms with Gasteiger partial charge >= 0.3 is 0 Å². The molecule has 1 aliphatic heterocycles. The van der Waals surface area contributed by atoms with Crippen LogP contribution in [0.3, 0.4) is 0 Å². The average molecular weight is 455 g/mol. The van der Waals surface area contributed by atoms with Crippen molar-refractivity contribution in [3.05, 3.63) is 64.6 Å². The molecular formula is C24H26N2O5S. The van der Waals surface area contributed by atoms with Gasteiger partial charge in [0.15, 0.2) is 0 Å². The van der Waals surface area contributed by atoms with Crippen molar-refractivity contribution < 1.29 is 23.9 Å². The van der Waals surface area contributed by atoms with Crippen molar-refractivity contribution >= 4 is 34.9 Å². The van der Waals surface area contributed by atoms with Crippen LogP contribution in [0.4, 0.5) is 4.79 Å². The van der Waals surface area contributed by atoms with E-state index in [9.17, 15) is 14.4 Å². The van der Waals surface area contributed by atoms with E-state index in [1.807, 2.05) is 12.1 Å². The van der Waals surface area contributed by atoms with Gasteiger partial charge in [0.05, 0.1) is 4.91 Å². The van der Waals surface area contributed by atoms with Crippen LogP contribution in [0.25, 0.3) is 6.08 Å². The van der Waals surface area contributed by atoms with Crippen LogP contribution in [0.15, 0.2) is 53.4 Å². The molecule has 0 spiro atoms. The molecule has 0 bridgehead atoms. The van der Waals surface area contributed by atoms with Crippen molar-refractivity contribution in [2.24, 2.45) is 5.73 Å². The molecule has 3 amide bonds. The molecule has 0 unspecified atom stereocenters. The lowest BCUT2D eigenvalue weighted by Gasteiger charge is -2.19. The molecule has 2 aromatic carbocycles. The monoisotopic (exact) mass is 454 g/mol. The lowest BCUT2D eigenvalue weighted by atomic mass is 9.87. The molecule has 0 atom stereocenters. The smallest absolute Gasteiger partial charge is 0.294 e. The zero-order valence-corrected chi connectivity index (χ0v) is 19.1. The van der Waals surface area contributed by atoms with Crippen LogP contribution in [-0.2, 0) is 15.0 Å². The Morgan fingerprint density at radius 2 is 1.69 bits per heavy atom. The summed E-state index contributed by atoms with van der Waals surface area (Å²) in [4.78, 5) is 36.4. The molecule has 2 N–H and O–H groups in total. The Morgan fingerprint density at radius 3 is 2.31 bits per heavy atom. The first-order valence-corrected chi connectivity index (χ1v) is 10.9. The minimum atomic E-state index is -0.740. The van der Waals surface area contributed by atoms with Gasteiger partial charge in [0.1, 0.15) is 31.3 Å². The fourth-order valence-corrected chi connectivity index (χ4v) is 3.85. The number of amides is 3. The van der Waals surface area contributed by atoms with E-state index < -0.39 is 23.6 Å². The first kappa shape index (κ1) is 23.4. The van der Waals surface area contributed by atoms with E-state index in [0.717, 1.165) is 22.4 Å². The average Bonchev–Trinajstić information content (AvgIpc) is 2.98. The third kappa shape index (κ3) is 6.13. The number of rotatable bonds is 8. The van der Waals surface area contributed by atoms with Crippen molar-refractivity contribution in [1.82, 2.24) is 4.90 Å². The third-order valence-corrected chi connectivity index (χ3v) is 5.59. The minimum absolute atomic E-state index is 0.0942. The van der Waals surface area contributed by atoms with Gasteiger partial charge in [-0.3, -0.25) is 19.3 Å². The van der Waals surface area contributed by atoms with E-state index in [0.29, 0.717) is 24.5 Å². The molecule has 8 heteroatoms. The predicted octanol–water partition coefficient (Wildman–Crippen LogP) is 3.96. The molecule has 0 aromatic heterocycles. The quantitative estimate of drug-likeness (QED) is 0.479. The van der Waals surface area contributed by atoms with Gasteiger partial charge < -0.3 is 15.2 Å². The molecule has 0 radical (unpaired) electrons. The van der Waals surface area contributed by atoms with Gasteiger partial charge in [-0.2, -0.15) is 0 Å². The standard InChI is InChI=1S/C24H26N2O5S/c1-24(2,3)17-7-9-18(10-8-17)30-11-12-31-19-6-4-5-16(13-19)14-20-22(28)26(15-21(25)27)23(29)32-20/h4-10,13-14H,11-12,15H2,1-3H3,(H2,25,27)/b20-14-. The molecule has 1 saturated heterocycles. The summed E-state index contributed by atoms with van der Waals surface area (Å²) in [6.45, 7) is 6.79. The number of ether oxygens (including phenoxy) is 2. The molecule has 1 heterocycles. The van der Waals surface area contributed by atoms with Crippen molar-refractivity contribution in [1.29, 1.82) is 0 Å². The molecule has 1 aliphatic rings. The van der Waals surface area contributed by atoms with Crippen molar-refractivity contribution in [2.45, 2.75) is 26.2 Å². The van der Waals surface area contributed by atoms with Crippen LogP contribution in [0.2, 0.25) is 0 Å². The van der Waals surface area contributed by atoms with Gasteiger partial charge in [0, 0.05) is 0 Å². The van der Waals surface area contributed by atoms with Crippen LogP contribution in [0, 0.1) is 0 Å². The number of hydrogen-bond donors (Lipinski definition) is 1. The molecule has 3 rings (SSSR count). The van der Waals surface area contributed by atoms with Crippen molar-refractivity contribution in [2.75, 3.05) is 19.8 Å². The van der Waals surface area contributed by atoms with Gasteiger partial charge in [-0.1, -0.05) is 45.0 Å². The number of primary amides is 1. The zero-order chi connectivity index (χ0) is 23.3. The van der Waals surface area contributed by atoms with Gasteiger partial charge in [0.25, 0.3) is 11.1 Å². The minimum Gasteiger partial charge on any atom is -0.490 e. The SMILES string of the molecule is CC(C)(C)c1ccc(OCCOc2cccc(/C=C3\SC(=O)N(CC(N)=O)C3=O)c2)cc1. The summed E-state index contributed by atoms with van der Waals surface area (Å²) >= 11 is 0.776. The van der Waals surface area contributed by atoms with Gasteiger partial charge in [-0.25, -0.2) is 0 Å². The second kappa shape index (κ2) is 9.91. The molecular weight excluding hydrogens is 428 g/mol. The lowest BCUT2D eigenvalue weighted by molar-refractivity contribution is -0.127. The summed E-state index contributed by atoms with van der Waals surface area (Å²) < 4.78 is 11.5. The van der Waals surface area contributed by atoms with E-state index in [1.54, 1.807) is 30.3 Å². The van der Waals surface area contributed by atoms with E-state index >= 15 is 0 Å². The summed E-state index contributed by atoms with van der Waals surface area (Å²) in [5, 5.41) is -0.514. The number of hydrogen-bond acceptors (Lipinski definition) is 6. The Labute approximate surface area is 191 Å². The topological polar surface area (TPSA) is 98.9 Å². The fourth-order valence-electron chi connectivity index (χ4n) is 3.01. The Morgan fingerprint density at radius 1 is 1.03 bits per heavy atom. The second-order valence-corrected chi connectivity index (χ2v) is 9.27. The van der Waals surface area contributed by atoms with E-state index in [1.165, 1.54) is 5.56 Å². The van der Waals surface area contributed by atoms with Crippen LogP contribution >= 0.6 is 11.8 Å². The maximum atomic E-state index is 12.3. The molecule has 0 aliphatic carbocycles. The molecule has 1 fully saturated rings. The molecule has 32 heavy (non-hydrogen) atoms. The number of carbonyl (C=O) groups excluding carboxylic acids is 3. The van der Waals surface area contributed by atoms with E-state index in [-0.39, 0.29) is 10.3 Å². The summed E-state index contributed by atoms with van der Waals surface area (Å²) in [7, 11) is 0. The third-order valence-electron chi connectivity index (χ3n) is 4.68. The van der Waals surface area contributed by atoms with Crippen molar-refractivity contribution in [3.8, 4) is 11.5 Å². The van der Waals surface area contributed by atoms with E-state index in [4.69, 9.17) is 15.2 Å². The number of thioether (sulfide) groups is 1. The highest BCUT2D eigenvalue weighted by molar-refractivity contribution is 8.18. The number of benzene rings is 2. The summed E-state index contributed by atoms with van der Waals surface area (Å²) in [5.41, 5.74) is 7.13. The molecule has 2 aromatic rings. The van der Waals surface area contributed by atoms with Gasteiger partial charge in [-0.15, -0.1) is 0 Å². The predicted molar refractivity (Wildman–Crippen MR) is 124 cm³/mol. The normalized spacial score (nSPS) is 15.3. The summed E-state index contributed by atoms with van der Waals surface area (Å²) in [6, 6.07) is 15.2. The van der Waals surface area contributed by atoms with E-state index in [2.05, 4.69) is 32.9 Å². The molecule has 7 nitrogen and oxygen atoms in total. The number of nitrogens with zero attached hydrogens (tertiary/aromatic N) is 1. The van der Waals surface area contributed by atoms with Crippen LogP contribution in [0.5, 0.6) is 11.5 Å². The Kier molecular flexibility index (Phi) is 7.25. The summed E-state index contributed by atoms with van der Waals surface area (Å²) in [5.74, 6) is 0.121. The second-order valence-electron chi connectivity index (χ2n) is 8.28. The number of imide groups is 1. The maximum Gasteiger partial charge on any atom is 0.294 e. The lowest BCUT2D eigenvalue weighted by Crippen LogP contribution is -2.36. The van der Waals surface area contributed by atoms with Crippen LogP contribution in [0.1, 0.15) is 31.9 Å². The largest absolute Gasteiger partial charge is 0.490 e. The zero-order valence-electron chi connectivity index (χ0n) is 18.3. The molecule has 168 valence electrons. The number of carbonyl (C=O) groups is 3. The van der Waals surface area contributed by atoms with Crippen LogP contribution in [-0.4, -0.2) is 41.7 Å². The Balaban J connectivity index is 1.54. The highest BCUT2D eigenvalue weighted by Gasteiger charge is 2.35. The maximum absolute atomic E-state index is 12.3. The highest BCUT2D eigenvalue weighted by Crippen LogP contribution is 2.32.